The van der Waals surface area contributed by atoms with Crippen molar-refractivity contribution in [1.82, 2.24) is 5.32 Å². The highest BCUT2D eigenvalue weighted by Gasteiger charge is 2.27. The molecule has 70 heavy (non-hydrogen) atoms. The second-order valence-corrected chi connectivity index (χ2v) is 23.9. The summed E-state index contributed by atoms with van der Waals surface area (Å²) in [6.07, 6.45) is 67.2. The van der Waals surface area contributed by atoms with E-state index in [-0.39, 0.29) is 19.1 Å². The van der Waals surface area contributed by atoms with Crippen LogP contribution in [0.1, 0.15) is 309 Å². The lowest BCUT2D eigenvalue weighted by Gasteiger charge is -2.25. The molecule has 0 radical (unpaired) electrons. The first kappa shape index (κ1) is 69.0. The molecule has 0 fully saturated rings. The van der Waals surface area contributed by atoms with Crippen molar-refractivity contribution in [1.29, 1.82) is 0 Å². The van der Waals surface area contributed by atoms with Gasteiger partial charge in [0.1, 0.15) is 13.2 Å². The smallest absolute Gasteiger partial charge is 0.387 e. The van der Waals surface area contributed by atoms with Crippen LogP contribution in [0, 0.1) is 0 Å². The van der Waals surface area contributed by atoms with Crippen molar-refractivity contribution in [3.63, 3.8) is 0 Å². The summed E-state index contributed by atoms with van der Waals surface area (Å²) in [5.74, 6) is -0.172. The second-order valence-electron chi connectivity index (χ2n) is 22.4. The van der Waals surface area contributed by atoms with Crippen LogP contribution in [0.3, 0.4) is 0 Å². The number of phosphoric ester groups is 1. The van der Waals surface area contributed by atoms with Crippen molar-refractivity contribution in [2.45, 2.75) is 321 Å². The number of nitrogens with zero attached hydrogens (tertiary/aromatic N) is 1. The Kier molecular flexibility index (Phi) is 52.1. The van der Waals surface area contributed by atoms with Crippen LogP contribution in [-0.4, -0.2) is 73.4 Å². The molecule has 0 aliphatic carbocycles. The van der Waals surface area contributed by atoms with E-state index < -0.39 is 20.0 Å². The zero-order chi connectivity index (χ0) is 51.3. The van der Waals surface area contributed by atoms with Gasteiger partial charge < -0.3 is 19.8 Å². The van der Waals surface area contributed by atoms with E-state index in [0.717, 1.165) is 32.1 Å². The number of aliphatic hydroxyl groups is 1. The average Bonchev–Trinajstić information content (AvgIpc) is 3.32. The molecule has 0 aliphatic heterocycles. The minimum Gasteiger partial charge on any atom is -0.387 e. The maximum Gasteiger partial charge on any atom is 0.472 e. The normalized spacial score (nSPS) is 14.0. The van der Waals surface area contributed by atoms with Crippen LogP contribution in [-0.2, 0) is 18.4 Å². The molecule has 416 valence electrons. The standard InChI is InChI=1S/C61H121N2O6P/c1-6-8-10-12-14-16-18-20-22-24-26-27-28-29-30-31-32-33-34-35-37-39-41-43-45-47-49-51-53-55-61(65)62-59(58-69-70(66,67)68-57-56-63(3,4)5)60(64)54-52-50-48-46-44-42-40-38-36-25-23-21-19-17-15-13-11-9-7-2/h29-30,52,54,59-60,64H,6-28,31-51,53,55-58H2,1-5H3,(H-,62,65,66,67)/p+1/b30-29-,54-52+. The number of phosphoric acid groups is 1. The Hall–Kier alpha value is -1.02. The van der Waals surface area contributed by atoms with Gasteiger partial charge in [0, 0.05) is 6.42 Å². The van der Waals surface area contributed by atoms with Crippen LogP contribution in [0.25, 0.3) is 0 Å². The number of quaternary nitrogens is 1. The minimum absolute atomic E-state index is 0.0636. The van der Waals surface area contributed by atoms with Gasteiger partial charge in [-0.3, -0.25) is 13.8 Å². The molecule has 0 aromatic rings. The van der Waals surface area contributed by atoms with Gasteiger partial charge in [-0.05, 0) is 44.9 Å². The van der Waals surface area contributed by atoms with Gasteiger partial charge in [-0.2, -0.15) is 0 Å². The Balaban J connectivity index is 4.11. The van der Waals surface area contributed by atoms with Crippen molar-refractivity contribution < 1.29 is 32.9 Å². The molecular formula is C61H122N2O6P+. The summed E-state index contributed by atoms with van der Waals surface area (Å²) >= 11 is 0. The summed E-state index contributed by atoms with van der Waals surface area (Å²) in [7, 11) is 1.59. The molecule has 0 saturated heterocycles. The van der Waals surface area contributed by atoms with E-state index in [4.69, 9.17) is 9.05 Å². The van der Waals surface area contributed by atoms with E-state index in [1.165, 1.54) is 257 Å². The van der Waals surface area contributed by atoms with Gasteiger partial charge in [-0.25, -0.2) is 4.57 Å². The number of hydrogen-bond acceptors (Lipinski definition) is 5. The minimum atomic E-state index is -4.35. The average molecular weight is 1010 g/mol. The summed E-state index contributed by atoms with van der Waals surface area (Å²) in [6, 6.07) is -0.845. The number of hydrogen-bond donors (Lipinski definition) is 3. The molecule has 0 heterocycles. The largest absolute Gasteiger partial charge is 0.472 e. The van der Waals surface area contributed by atoms with Crippen molar-refractivity contribution in [2.75, 3.05) is 40.9 Å². The zero-order valence-corrected chi connectivity index (χ0v) is 48.4. The molecule has 0 spiro atoms. The molecule has 0 saturated carbocycles. The third-order valence-electron chi connectivity index (χ3n) is 14.2. The summed E-state index contributed by atoms with van der Waals surface area (Å²) in [4.78, 5) is 23.3. The third-order valence-corrected chi connectivity index (χ3v) is 15.1. The van der Waals surface area contributed by atoms with E-state index >= 15 is 0 Å². The molecule has 0 aliphatic rings. The molecule has 3 atom stereocenters. The summed E-state index contributed by atoms with van der Waals surface area (Å²) in [6.45, 7) is 4.86. The highest BCUT2D eigenvalue weighted by atomic mass is 31.2. The quantitative estimate of drug-likeness (QED) is 0.0243. The van der Waals surface area contributed by atoms with Crippen molar-refractivity contribution in [3.8, 4) is 0 Å². The molecule has 1 amide bonds. The first-order chi connectivity index (χ1) is 34.0. The predicted octanol–water partition coefficient (Wildman–Crippen LogP) is 18.8. The van der Waals surface area contributed by atoms with Crippen molar-refractivity contribution >= 4 is 13.7 Å². The Bertz CT molecular complexity index is 1190. The van der Waals surface area contributed by atoms with Crippen LogP contribution in [0.15, 0.2) is 24.3 Å². The number of amides is 1. The van der Waals surface area contributed by atoms with Gasteiger partial charge in [0.2, 0.25) is 5.91 Å². The maximum absolute atomic E-state index is 13.0. The Morgan fingerprint density at radius 3 is 1.10 bits per heavy atom. The van der Waals surface area contributed by atoms with Crippen LogP contribution in [0.4, 0.5) is 0 Å². The third kappa shape index (κ3) is 54.7. The fraction of sp³-hybridized carbons (Fsp3) is 0.918. The van der Waals surface area contributed by atoms with E-state index in [0.29, 0.717) is 17.4 Å². The first-order valence-corrected chi connectivity index (χ1v) is 32.2. The molecule has 0 aromatic carbocycles. The van der Waals surface area contributed by atoms with E-state index in [1.54, 1.807) is 6.08 Å². The van der Waals surface area contributed by atoms with E-state index in [1.807, 2.05) is 27.2 Å². The van der Waals surface area contributed by atoms with Crippen molar-refractivity contribution in [3.05, 3.63) is 24.3 Å². The number of allylic oxidation sites excluding steroid dienone is 3. The van der Waals surface area contributed by atoms with Gasteiger partial charge in [0.15, 0.2) is 0 Å². The summed E-state index contributed by atoms with van der Waals surface area (Å²) < 4.78 is 23.7. The predicted molar refractivity (Wildman–Crippen MR) is 305 cm³/mol. The Labute approximate surface area is 436 Å². The molecule has 0 aromatic heterocycles. The SMILES string of the molecule is CCCCCCCCCCCCCC/C=C\CCCCCCCCCCCCCCCC(=O)NC(COP(=O)(O)OCC[N+](C)(C)C)C(O)/C=C/CCCCCCCCCCCCCCCCCCC. The summed E-state index contributed by atoms with van der Waals surface area (Å²) in [5, 5.41) is 14.0. The maximum atomic E-state index is 13.0. The number of carbonyl (C=O) groups is 1. The van der Waals surface area contributed by atoms with Gasteiger partial charge in [0.25, 0.3) is 0 Å². The van der Waals surface area contributed by atoms with Crippen LogP contribution in [0.5, 0.6) is 0 Å². The van der Waals surface area contributed by atoms with E-state index in [9.17, 15) is 19.4 Å². The molecule has 0 rings (SSSR count). The topological polar surface area (TPSA) is 105 Å². The van der Waals surface area contributed by atoms with Gasteiger partial charge in [-0.15, -0.1) is 0 Å². The van der Waals surface area contributed by atoms with Gasteiger partial charge in [0.05, 0.1) is 39.9 Å². The molecule has 3 N–H and O–H groups in total. The lowest BCUT2D eigenvalue weighted by Crippen LogP contribution is -2.45. The Morgan fingerprint density at radius 2 is 0.771 bits per heavy atom. The van der Waals surface area contributed by atoms with E-state index in [2.05, 4.69) is 31.3 Å². The molecule has 3 unspecified atom stereocenters. The monoisotopic (exact) mass is 1010 g/mol. The second kappa shape index (κ2) is 52.8. The summed E-state index contributed by atoms with van der Waals surface area (Å²) in [5.41, 5.74) is 0. The van der Waals surface area contributed by atoms with Crippen LogP contribution >= 0.6 is 7.82 Å². The lowest BCUT2D eigenvalue weighted by atomic mass is 10.0. The number of unbranched alkanes of at least 4 members (excludes halogenated alkanes) is 42. The Morgan fingerprint density at radius 1 is 0.471 bits per heavy atom. The number of nitrogens with one attached hydrogen (secondary N) is 1. The molecular weight excluding hydrogens is 888 g/mol. The first-order valence-electron chi connectivity index (χ1n) is 30.7. The van der Waals surface area contributed by atoms with Crippen LogP contribution in [0.2, 0.25) is 0 Å². The van der Waals surface area contributed by atoms with Crippen LogP contribution < -0.4 is 5.32 Å². The van der Waals surface area contributed by atoms with Gasteiger partial charge >= 0.3 is 7.82 Å². The number of aliphatic hydroxyl groups excluding tert-OH is 1. The fourth-order valence-electron chi connectivity index (χ4n) is 9.33. The fourth-order valence-corrected chi connectivity index (χ4v) is 10.1. The molecule has 8 nitrogen and oxygen atoms in total. The highest BCUT2D eigenvalue weighted by molar-refractivity contribution is 7.47. The lowest BCUT2D eigenvalue weighted by molar-refractivity contribution is -0.870. The number of likely N-dealkylation sites (N-methyl/N-ethyl adjacent to an activating group) is 1. The highest BCUT2D eigenvalue weighted by Crippen LogP contribution is 2.43. The molecule has 0 bridgehead atoms. The van der Waals surface area contributed by atoms with Gasteiger partial charge in [-0.1, -0.05) is 282 Å². The number of carbonyl (C=O) groups excluding carboxylic acids is 1. The van der Waals surface area contributed by atoms with Crippen molar-refractivity contribution in [2.24, 2.45) is 0 Å². The zero-order valence-electron chi connectivity index (χ0n) is 47.5. The number of rotatable bonds is 57. The molecule has 9 heteroatoms.